The van der Waals surface area contributed by atoms with Crippen LogP contribution in [0.2, 0.25) is 15.1 Å². The number of nitrogens with zero attached hydrogens (tertiary/aromatic N) is 4. The van der Waals surface area contributed by atoms with Crippen molar-refractivity contribution in [2.24, 2.45) is 0 Å². The highest BCUT2D eigenvalue weighted by atomic mass is 35.5. The van der Waals surface area contributed by atoms with Gasteiger partial charge >= 0.3 is 6.18 Å². The van der Waals surface area contributed by atoms with E-state index in [9.17, 15) is 18.0 Å². The van der Waals surface area contributed by atoms with E-state index in [4.69, 9.17) is 34.8 Å². The zero-order valence-corrected chi connectivity index (χ0v) is 18.0. The number of rotatable bonds is 6. The van der Waals surface area contributed by atoms with Crippen molar-refractivity contribution in [3.05, 3.63) is 62.5 Å². The number of anilines is 1. The summed E-state index contributed by atoms with van der Waals surface area (Å²) >= 11 is 18.2. The minimum atomic E-state index is -4.57. The van der Waals surface area contributed by atoms with Gasteiger partial charge in [0.2, 0.25) is 5.91 Å². The van der Waals surface area contributed by atoms with Gasteiger partial charge in [0.25, 0.3) is 0 Å². The monoisotopic (exact) mass is 491 g/mol. The first-order valence-corrected chi connectivity index (χ1v) is 10.3. The maximum absolute atomic E-state index is 13.0. The number of hydrogen-bond acceptors (Lipinski definition) is 3. The fraction of sp³-hybridized carbons (Fsp3) is 0.316. The van der Waals surface area contributed by atoms with E-state index in [0.29, 0.717) is 15.7 Å². The Morgan fingerprint density at radius 1 is 1.13 bits per heavy atom. The summed E-state index contributed by atoms with van der Waals surface area (Å²) in [5.74, 6) is -0.508. The SMILES string of the molecule is O=C(Cn1nc(C(F)(F)F)cc1C1CC1)Nc1nn(Cc2ccc(Cl)cc2Cl)cc1Cl. The van der Waals surface area contributed by atoms with E-state index >= 15 is 0 Å². The van der Waals surface area contributed by atoms with E-state index in [2.05, 4.69) is 15.5 Å². The molecule has 0 radical (unpaired) electrons. The standard InChI is InChI=1S/C19H15Cl3F3N5O/c20-12-4-3-11(13(21)5-12)7-29-8-14(22)18(28-29)26-17(31)9-30-15(10-1-2-10)6-16(27-30)19(23,24)25/h3-6,8,10H,1-2,7,9H2,(H,26,28,31). The molecular formula is C19H15Cl3F3N5O. The van der Waals surface area contributed by atoms with Crippen LogP contribution in [0, 0.1) is 0 Å². The molecule has 2 aromatic heterocycles. The Hall–Kier alpha value is -2.23. The maximum atomic E-state index is 13.0. The molecule has 164 valence electrons. The first-order chi connectivity index (χ1) is 14.6. The Balaban J connectivity index is 1.46. The fourth-order valence-corrected chi connectivity index (χ4v) is 3.76. The lowest BCUT2D eigenvalue weighted by atomic mass is 10.2. The molecule has 1 fully saturated rings. The molecule has 1 saturated carbocycles. The van der Waals surface area contributed by atoms with Crippen LogP contribution in [0.1, 0.15) is 35.7 Å². The topological polar surface area (TPSA) is 64.7 Å². The van der Waals surface area contributed by atoms with Crippen LogP contribution in [-0.2, 0) is 24.1 Å². The molecule has 0 unspecified atom stereocenters. The van der Waals surface area contributed by atoms with Crippen LogP contribution in [0.4, 0.5) is 19.0 Å². The second-order valence-electron chi connectivity index (χ2n) is 7.19. The van der Waals surface area contributed by atoms with Crippen molar-refractivity contribution in [1.82, 2.24) is 19.6 Å². The predicted octanol–water partition coefficient (Wildman–Crippen LogP) is 5.62. The minimum Gasteiger partial charge on any atom is -0.306 e. The molecule has 0 saturated heterocycles. The third-order valence-corrected chi connectivity index (χ3v) is 5.58. The molecule has 31 heavy (non-hydrogen) atoms. The van der Waals surface area contributed by atoms with Gasteiger partial charge in [-0.2, -0.15) is 23.4 Å². The number of benzene rings is 1. The summed E-state index contributed by atoms with van der Waals surface area (Å²) in [5, 5.41) is 11.4. The Bertz CT molecular complexity index is 1140. The molecule has 0 aliphatic heterocycles. The number of alkyl halides is 3. The highest BCUT2D eigenvalue weighted by molar-refractivity contribution is 6.35. The lowest BCUT2D eigenvalue weighted by molar-refractivity contribution is -0.141. The van der Waals surface area contributed by atoms with Gasteiger partial charge in [-0.1, -0.05) is 40.9 Å². The molecule has 0 atom stereocenters. The Morgan fingerprint density at radius 2 is 1.87 bits per heavy atom. The molecule has 1 amide bonds. The summed E-state index contributed by atoms with van der Waals surface area (Å²) in [6.45, 7) is -0.0976. The van der Waals surface area contributed by atoms with E-state index in [0.717, 1.165) is 29.2 Å². The van der Waals surface area contributed by atoms with E-state index < -0.39 is 17.8 Å². The molecule has 1 aromatic carbocycles. The molecule has 0 bridgehead atoms. The molecule has 4 rings (SSSR count). The summed E-state index contributed by atoms with van der Waals surface area (Å²) in [4.78, 5) is 12.5. The van der Waals surface area contributed by atoms with Crippen LogP contribution < -0.4 is 5.32 Å². The minimum absolute atomic E-state index is 0.0108. The first kappa shape index (κ1) is 22.0. The zero-order valence-electron chi connectivity index (χ0n) is 15.8. The normalized spacial score (nSPS) is 14.1. The van der Waals surface area contributed by atoms with Crippen LogP contribution in [0.25, 0.3) is 0 Å². The fourth-order valence-electron chi connectivity index (χ4n) is 3.10. The van der Waals surface area contributed by atoms with Gasteiger partial charge in [-0.3, -0.25) is 14.2 Å². The van der Waals surface area contributed by atoms with E-state index in [1.807, 2.05) is 0 Å². The summed E-state index contributed by atoms with van der Waals surface area (Å²) in [6.07, 6.45) is -1.52. The van der Waals surface area contributed by atoms with Crippen LogP contribution in [0.3, 0.4) is 0 Å². The molecule has 3 aromatic rings. The number of carbonyl (C=O) groups excluding carboxylic acids is 1. The predicted molar refractivity (Wildman–Crippen MR) is 111 cm³/mol. The van der Waals surface area contributed by atoms with Gasteiger partial charge in [0.15, 0.2) is 11.5 Å². The van der Waals surface area contributed by atoms with Gasteiger partial charge in [-0.25, -0.2) is 0 Å². The third kappa shape index (κ3) is 5.16. The first-order valence-electron chi connectivity index (χ1n) is 9.22. The Labute approximate surface area is 189 Å². The Morgan fingerprint density at radius 3 is 2.52 bits per heavy atom. The average Bonchev–Trinajstić information content (AvgIpc) is 3.33. The van der Waals surface area contributed by atoms with Crippen LogP contribution in [0.5, 0.6) is 0 Å². The number of halogens is 6. The van der Waals surface area contributed by atoms with Crippen molar-refractivity contribution in [2.75, 3.05) is 5.32 Å². The molecule has 6 nitrogen and oxygen atoms in total. The molecule has 1 aliphatic carbocycles. The molecular weight excluding hydrogens is 478 g/mol. The lowest BCUT2D eigenvalue weighted by Gasteiger charge is -2.07. The van der Waals surface area contributed by atoms with Crippen molar-refractivity contribution in [2.45, 2.75) is 38.0 Å². The van der Waals surface area contributed by atoms with Gasteiger partial charge in [-0.15, -0.1) is 0 Å². The Kier molecular flexibility index (Phi) is 5.93. The van der Waals surface area contributed by atoms with Gasteiger partial charge in [0.1, 0.15) is 11.6 Å². The van der Waals surface area contributed by atoms with Gasteiger partial charge in [0, 0.05) is 27.9 Å². The van der Waals surface area contributed by atoms with Crippen molar-refractivity contribution in [1.29, 1.82) is 0 Å². The zero-order chi connectivity index (χ0) is 22.3. The van der Waals surface area contributed by atoms with Crippen LogP contribution in [-0.4, -0.2) is 25.5 Å². The maximum Gasteiger partial charge on any atom is 0.435 e. The van der Waals surface area contributed by atoms with Crippen LogP contribution >= 0.6 is 34.8 Å². The largest absolute Gasteiger partial charge is 0.435 e. The summed E-state index contributed by atoms with van der Waals surface area (Å²) < 4.78 is 41.6. The number of amides is 1. The van der Waals surface area contributed by atoms with Gasteiger partial charge in [0.05, 0.1) is 6.54 Å². The highest BCUT2D eigenvalue weighted by Gasteiger charge is 2.38. The van der Waals surface area contributed by atoms with Crippen molar-refractivity contribution < 1.29 is 18.0 Å². The number of nitrogens with one attached hydrogen (secondary N) is 1. The molecule has 0 spiro atoms. The van der Waals surface area contributed by atoms with Crippen molar-refractivity contribution in [3.8, 4) is 0 Å². The van der Waals surface area contributed by atoms with E-state index in [1.54, 1.807) is 18.2 Å². The highest BCUT2D eigenvalue weighted by Crippen LogP contribution is 2.42. The third-order valence-electron chi connectivity index (χ3n) is 4.71. The smallest absolute Gasteiger partial charge is 0.306 e. The van der Waals surface area contributed by atoms with Gasteiger partial charge < -0.3 is 5.32 Å². The second kappa shape index (κ2) is 8.37. The molecule has 1 N–H and O–H groups in total. The quantitative estimate of drug-likeness (QED) is 0.485. The second-order valence-corrected chi connectivity index (χ2v) is 8.44. The van der Waals surface area contributed by atoms with Crippen molar-refractivity contribution >= 4 is 46.5 Å². The van der Waals surface area contributed by atoms with E-state index in [-0.39, 0.29) is 29.8 Å². The number of aromatic nitrogens is 4. The molecule has 2 heterocycles. The lowest BCUT2D eigenvalue weighted by Crippen LogP contribution is -2.21. The molecule has 1 aliphatic rings. The molecule has 12 heteroatoms. The number of hydrogen-bond donors (Lipinski definition) is 1. The van der Waals surface area contributed by atoms with Crippen LogP contribution in [0.15, 0.2) is 30.5 Å². The van der Waals surface area contributed by atoms with Gasteiger partial charge in [-0.05, 0) is 36.6 Å². The average molecular weight is 493 g/mol. The number of carbonyl (C=O) groups is 1. The van der Waals surface area contributed by atoms with Crippen molar-refractivity contribution in [3.63, 3.8) is 0 Å². The summed E-state index contributed by atoms with van der Waals surface area (Å²) in [7, 11) is 0. The summed E-state index contributed by atoms with van der Waals surface area (Å²) in [5.41, 5.74) is 0.134. The summed E-state index contributed by atoms with van der Waals surface area (Å²) in [6, 6.07) is 6.03. The van der Waals surface area contributed by atoms with E-state index in [1.165, 1.54) is 10.9 Å².